The molecule has 7 heteroatoms. The Balaban J connectivity index is 1.58. The van der Waals surface area contributed by atoms with Gasteiger partial charge >= 0.3 is 0 Å². The molecule has 30 heavy (non-hydrogen) atoms. The first-order valence-corrected chi connectivity index (χ1v) is 10.8. The zero-order valence-corrected chi connectivity index (χ0v) is 17.0. The fourth-order valence-corrected chi connectivity index (χ4v) is 3.61. The van der Waals surface area contributed by atoms with E-state index in [1.54, 1.807) is 30.3 Å². The molecule has 0 saturated heterocycles. The highest BCUT2D eigenvalue weighted by Gasteiger charge is 2.09. The highest BCUT2D eigenvalue weighted by atomic mass is 32.2. The van der Waals surface area contributed by atoms with Crippen LogP contribution in [0.25, 0.3) is 6.08 Å². The van der Waals surface area contributed by atoms with Crippen molar-refractivity contribution in [3.8, 4) is 0 Å². The first kappa shape index (κ1) is 21.3. The van der Waals surface area contributed by atoms with E-state index in [0.717, 1.165) is 22.1 Å². The number of benzene rings is 3. The smallest absolute Gasteiger partial charge is 0.255 e. The Hall–Kier alpha value is -3.42. The summed E-state index contributed by atoms with van der Waals surface area (Å²) in [5, 5.41) is 13.1. The number of hydrogen-bond acceptors (Lipinski definition) is 4. The van der Waals surface area contributed by atoms with Crippen LogP contribution < -0.4 is 10.0 Å². The van der Waals surface area contributed by atoms with Crippen LogP contribution in [-0.4, -0.2) is 19.4 Å². The number of hydrogen-bond donors (Lipinski definition) is 3. The molecule has 0 spiro atoms. The van der Waals surface area contributed by atoms with Gasteiger partial charge in [0, 0.05) is 17.8 Å². The third kappa shape index (κ3) is 6.30. The minimum absolute atomic E-state index is 0.0559. The number of sulfonamides is 1. The molecule has 6 nitrogen and oxygen atoms in total. The van der Waals surface area contributed by atoms with Gasteiger partial charge < -0.3 is 10.4 Å². The molecule has 0 aliphatic rings. The highest BCUT2D eigenvalue weighted by molar-refractivity contribution is 7.95. The van der Waals surface area contributed by atoms with E-state index in [9.17, 15) is 18.3 Å². The van der Waals surface area contributed by atoms with E-state index in [2.05, 4.69) is 10.0 Å². The summed E-state index contributed by atoms with van der Waals surface area (Å²) < 4.78 is 26.9. The van der Waals surface area contributed by atoms with Crippen LogP contribution in [0.3, 0.4) is 0 Å². The Morgan fingerprint density at radius 3 is 2.30 bits per heavy atom. The second-order valence-electron chi connectivity index (χ2n) is 6.60. The molecule has 3 aromatic carbocycles. The molecule has 0 aromatic heterocycles. The largest absolute Gasteiger partial charge is 0.392 e. The minimum atomic E-state index is -3.67. The average Bonchev–Trinajstić information content (AvgIpc) is 2.77. The lowest BCUT2D eigenvalue weighted by atomic mass is 10.1. The quantitative estimate of drug-likeness (QED) is 0.518. The van der Waals surface area contributed by atoms with Crippen molar-refractivity contribution in [2.75, 3.05) is 4.72 Å². The molecule has 0 atom stereocenters. The van der Waals surface area contributed by atoms with E-state index >= 15 is 0 Å². The molecule has 3 N–H and O–H groups in total. The Kier molecular flexibility index (Phi) is 7.00. The van der Waals surface area contributed by atoms with Gasteiger partial charge in [-0.3, -0.25) is 9.52 Å². The fourth-order valence-electron chi connectivity index (χ4n) is 2.74. The Bertz CT molecular complexity index is 1130. The third-order valence-electron chi connectivity index (χ3n) is 4.27. The predicted molar refractivity (Wildman–Crippen MR) is 118 cm³/mol. The number of carbonyl (C=O) groups excluding carboxylic acids is 1. The molecule has 3 rings (SSSR count). The van der Waals surface area contributed by atoms with Crippen molar-refractivity contribution in [3.63, 3.8) is 0 Å². The predicted octanol–water partition coefficient (Wildman–Crippen LogP) is 3.52. The van der Waals surface area contributed by atoms with Gasteiger partial charge in [-0.15, -0.1) is 0 Å². The molecule has 0 bridgehead atoms. The molecule has 0 aliphatic heterocycles. The van der Waals surface area contributed by atoms with Crippen LogP contribution in [0.1, 0.15) is 27.0 Å². The summed E-state index contributed by atoms with van der Waals surface area (Å²) in [7, 11) is -3.67. The Morgan fingerprint density at radius 2 is 1.60 bits per heavy atom. The molecule has 0 unspecified atom stereocenters. The second kappa shape index (κ2) is 9.87. The first-order chi connectivity index (χ1) is 14.4. The van der Waals surface area contributed by atoms with Crippen LogP contribution in [0.2, 0.25) is 0 Å². The summed E-state index contributed by atoms with van der Waals surface area (Å²) in [6.45, 7) is 0.269. The maximum absolute atomic E-state index is 12.3. The van der Waals surface area contributed by atoms with E-state index in [-0.39, 0.29) is 12.5 Å². The SMILES string of the molecule is O=C(NCc1cccc(CO)c1)c1ccc(NS(=O)(=O)/C=C/c2ccccc2)cc1. The zero-order valence-electron chi connectivity index (χ0n) is 16.2. The van der Waals surface area contributed by atoms with E-state index < -0.39 is 10.0 Å². The lowest BCUT2D eigenvalue weighted by Gasteiger charge is -2.08. The van der Waals surface area contributed by atoms with Crippen molar-refractivity contribution in [3.05, 3.63) is 107 Å². The van der Waals surface area contributed by atoms with Gasteiger partial charge in [0.1, 0.15) is 0 Å². The van der Waals surface area contributed by atoms with Gasteiger partial charge in [0.05, 0.1) is 12.0 Å². The summed E-state index contributed by atoms with van der Waals surface area (Å²) >= 11 is 0. The lowest BCUT2D eigenvalue weighted by molar-refractivity contribution is 0.0951. The Labute approximate surface area is 175 Å². The summed E-state index contributed by atoms with van der Waals surface area (Å²) in [6, 6.07) is 22.6. The van der Waals surface area contributed by atoms with E-state index in [1.807, 2.05) is 36.4 Å². The van der Waals surface area contributed by atoms with Crippen molar-refractivity contribution >= 4 is 27.7 Å². The van der Waals surface area contributed by atoms with Crippen molar-refractivity contribution in [2.45, 2.75) is 13.2 Å². The van der Waals surface area contributed by atoms with E-state index in [4.69, 9.17) is 0 Å². The van der Waals surface area contributed by atoms with Gasteiger partial charge in [-0.05, 0) is 47.0 Å². The Morgan fingerprint density at radius 1 is 0.900 bits per heavy atom. The molecule has 0 aliphatic carbocycles. The van der Waals surface area contributed by atoms with Gasteiger partial charge in [0.25, 0.3) is 15.9 Å². The molecule has 1 amide bonds. The maximum atomic E-state index is 12.3. The zero-order chi connectivity index (χ0) is 21.4. The monoisotopic (exact) mass is 422 g/mol. The van der Waals surface area contributed by atoms with Crippen molar-refractivity contribution < 1.29 is 18.3 Å². The van der Waals surface area contributed by atoms with E-state index in [1.165, 1.54) is 18.2 Å². The third-order valence-corrected chi connectivity index (χ3v) is 5.29. The highest BCUT2D eigenvalue weighted by Crippen LogP contribution is 2.13. The summed E-state index contributed by atoms with van der Waals surface area (Å²) in [5.74, 6) is -0.275. The summed E-state index contributed by atoms with van der Waals surface area (Å²) in [4.78, 5) is 12.3. The number of anilines is 1. The van der Waals surface area contributed by atoms with Gasteiger partial charge in [-0.2, -0.15) is 0 Å². The second-order valence-corrected chi connectivity index (χ2v) is 8.16. The van der Waals surface area contributed by atoms with Crippen molar-refractivity contribution in [1.82, 2.24) is 5.32 Å². The summed E-state index contributed by atoms with van der Waals surface area (Å²) in [5.41, 5.74) is 3.21. The number of carbonyl (C=O) groups is 1. The molecular formula is C23H22N2O4S. The number of amides is 1. The van der Waals surface area contributed by atoms with Crippen LogP contribution in [0.4, 0.5) is 5.69 Å². The van der Waals surface area contributed by atoms with Crippen molar-refractivity contribution in [2.24, 2.45) is 0 Å². The molecule has 0 saturated carbocycles. The van der Waals surface area contributed by atoms with E-state index in [0.29, 0.717) is 17.8 Å². The first-order valence-electron chi connectivity index (χ1n) is 9.28. The van der Waals surface area contributed by atoms with Crippen LogP contribution in [-0.2, 0) is 23.2 Å². The van der Waals surface area contributed by atoms with Gasteiger partial charge in [-0.25, -0.2) is 8.42 Å². The molecule has 0 heterocycles. The number of rotatable bonds is 8. The van der Waals surface area contributed by atoms with Gasteiger partial charge in [0.2, 0.25) is 0 Å². The maximum Gasteiger partial charge on any atom is 0.255 e. The molecule has 0 radical (unpaired) electrons. The van der Waals surface area contributed by atoms with Crippen LogP contribution >= 0.6 is 0 Å². The van der Waals surface area contributed by atoms with Gasteiger partial charge in [0.15, 0.2) is 0 Å². The normalized spacial score (nSPS) is 11.4. The summed E-state index contributed by atoms with van der Waals surface area (Å²) in [6.07, 6.45) is 1.51. The standard InChI is InChI=1S/C23H22N2O4S/c26-17-20-8-4-7-19(15-20)16-24-23(27)21-9-11-22(12-10-21)25-30(28,29)14-13-18-5-2-1-3-6-18/h1-15,25-26H,16-17H2,(H,24,27)/b14-13+. The van der Waals surface area contributed by atoms with Crippen LogP contribution in [0.15, 0.2) is 84.3 Å². The minimum Gasteiger partial charge on any atom is -0.392 e. The average molecular weight is 423 g/mol. The molecular weight excluding hydrogens is 400 g/mol. The van der Waals surface area contributed by atoms with Gasteiger partial charge in [-0.1, -0.05) is 54.6 Å². The topological polar surface area (TPSA) is 95.5 Å². The van der Waals surface area contributed by atoms with Crippen LogP contribution in [0, 0.1) is 0 Å². The lowest BCUT2D eigenvalue weighted by Crippen LogP contribution is -2.22. The number of aliphatic hydroxyl groups excluding tert-OH is 1. The van der Waals surface area contributed by atoms with Crippen molar-refractivity contribution in [1.29, 1.82) is 0 Å². The molecule has 154 valence electrons. The number of nitrogens with one attached hydrogen (secondary N) is 2. The van der Waals surface area contributed by atoms with Crippen LogP contribution in [0.5, 0.6) is 0 Å². The fraction of sp³-hybridized carbons (Fsp3) is 0.0870. The number of aliphatic hydroxyl groups is 1. The molecule has 3 aromatic rings. The molecule has 0 fully saturated rings.